The smallest absolute Gasteiger partial charge is 0.0579 e. The van der Waals surface area contributed by atoms with Crippen LogP contribution < -0.4 is 5.32 Å². The van der Waals surface area contributed by atoms with Crippen LogP contribution in [0.3, 0.4) is 0 Å². The molecule has 2 aromatic rings. The molecule has 0 saturated carbocycles. The molecule has 20 heavy (non-hydrogen) atoms. The van der Waals surface area contributed by atoms with Gasteiger partial charge in [-0.2, -0.15) is 0 Å². The second kappa shape index (κ2) is 5.06. The third kappa shape index (κ3) is 2.51. The summed E-state index contributed by atoms with van der Waals surface area (Å²) < 4.78 is 0. The highest BCUT2D eigenvalue weighted by molar-refractivity contribution is 5.40. The summed E-state index contributed by atoms with van der Waals surface area (Å²) in [7, 11) is 0. The second-order valence-electron chi connectivity index (χ2n) is 6.71. The third-order valence-corrected chi connectivity index (χ3v) is 4.22. The number of nitrogens with one attached hydrogen (secondary N) is 1. The molecule has 0 saturated heterocycles. The zero-order valence-electron chi connectivity index (χ0n) is 12.6. The predicted molar refractivity (Wildman–Crippen MR) is 85.1 cm³/mol. The van der Waals surface area contributed by atoms with Gasteiger partial charge in [0.05, 0.1) is 6.04 Å². The Morgan fingerprint density at radius 1 is 0.950 bits per heavy atom. The fourth-order valence-corrected chi connectivity index (χ4v) is 2.98. The zero-order valence-corrected chi connectivity index (χ0v) is 12.6. The largest absolute Gasteiger partial charge is 0.306 e. The van der Waals surface area contributed by atoms with Gasteiger partial charge in [-0.15, -0.1) is 0 Å². The third-order valence-electron chi connectivity index (χ3n) is 4.22. The van der Waals surface area contributed by atoms with E-state index in [-0.39, 0.29) is 5.41 Å². The zero-order chi connectivity index (χ0) is 14.2. The van der Waals surface area contributed by atoms with Crippen molar-refractivity contribution in [3.8, 4) is 0 Å². The van der Waals surface area contributed by atoms with Gasteiger partial charge in [-0.3, -0.25) is 0 Å². The molecule has 0 spiro atoms. The summed E-state index contributed by atoms with van der Waals surface area (Å²) in [6, 6.07) is 18.2. The molecule has 1 nitrogen and oxygen atoms in total. The monoisotopic (exact) mass is 265 g/mol. The van der Waals surface area contributed by atoms with E-state index in [2.05, 4.69) is 74.6 Å². The van der Waals surface area contributed by atoms with Crippen molar-refractivity contribution >= 4 is 0 Å². The lowest BCUT2D eigenvalue weighted by Crippen LogP contribution is -2.30. The highest BCUT2D eigenvalue weighted by Gasteiger charge is 2.21. The van der Waals surface area contributed by atoms with E-state index < -0.39 is 0 Å². The van der Waals surface area contributed by atoms with Gasteiger partial charge in [0.2, 0.25) is 0 Å². The van der Waals surface area contributed by atoms with Gasteiger partial charge < -0.3 is 5.32 Å². The van der Waals surface area contributed by atoms with Crippen LogP contribution in [-0.4, -0.2) is 6.54 Å². The van der Waals surface area contributed by atoms with Crippen molar-refractivity contribution in [3.05, 3.63) is 70.8 Å². The van der Waals surface area contributed by atoms with Crippen LogP contribution in [0.25, 0.3) is 0 Å². The number of hydrogen-bond acceptors (Lipinski definition) is 1. The molecule has 104 valence electrons. The first-order chi connectivity index (χ1) is 9.55. The fraction of sp³-hybridized carbons (Fsp3) is 0.368. The molecule has 0 aromatic heterocycles. The van der Waals surface area contributed by atoms with Crippen molar-refractivity contribution in [2.24, 2.45) is 0 Å². The lowest BCUT2D eigenvalue weighted by Gasteiger charge is -2.28. The maximum Gasteiger partial charge on any atom is 0.0579 e. The molecule has 0 bridgehead atoms. The van der Waals surface area contributed by atoms with E-state index in [0.717, 1.165) is 13.0 Å². The Kier molecular flexibility index (Phi) is 3.39. The van der Waals surface area contributed by atoms with Crippen LogP contribution in [0, 0.1) is 0 Å². The topological polar surface area (TPSA) is 12.0 Å². The Morgan fingerprint density at radius 3 is 2.35 bits per heavy atom. The van der Waals surface area contributed by atoms with E-state index in [9.17, 15) is 0 Å². The van der Waals surface area contributed by atoms with E-state index in [1.165, 1.54) is 22.3 Å². The second-order valence-corrected chi connectivity index (χ2v) is 6.71. The molecule has 1 unspecified atom stereocenters. The summed E-state index contributed by atoms with van der Waals surface area (Å²) in [6.45, 7) is 7.84. The van der Waals surface area contributed by atoms with Crippen LogP contribution in [-0.2, 0) is 11.8 Å². The Morgan fingerprint density at radius 2 is 1.65 bits per heavy atom. The van der Waals surface area contributed by atoms with Gasteiger partial charge in [-0.1, -0.05) is 69.3 Å². The first-order valence-corrected chi connectivity index (χ1v) is 7.47. The molecule has 1 aliphatic rings. The van der Waals surface area contributed by atoms with Gasteiger partial charge in [0.25, 0.3) is 0 Å². The van der Waals surface area contributed by atoms with Gasteiger partial charge in [-0.05, 0) is 34.1 Å². The lowest BCUT2D eigenvalue weighted by atomic mass is 9.84. The molecule has 0 fully saturated rings. The average Bonchev–Trinajstić information content (AvgIpc) is 2.46. The minimum Gasteiger partial charge on any atom is -0.306 e. The van der Waals surface area contributed by atoms with Gasteiger partial charge in [0.15, 0.2) is 0 Å². The summed E-state index contributed by atoms with van der Waals surface area (Å²) >= 11 is 0. The van der Waals surface area contributed by atoms with E-state index >= 15 is 0 Å². The van der Waals surface area contributed by atoms with Crippen LogP contribution in [0.15, 0.2) is 48.5 Å². The average molecular weight is 265 g/mol. The number of rotatable bonds is 1. The van der Waals surface area contributed by atoms with Crippen molar-refractivity contribution in [1.82, 2.24) is 5.32 Å². The van der Waals surface area contributed by atoms with Crippen LogP contribution >= 0.6 is 0 Å². The normalized spacial score (nSPS) is 18.6. The van der Waals surface area contributed by atoms with E-state index in [1.807, 2.05) is 0 Å². The highest BCUT2D eigenvalue weighted by Crippen LogP contribution is 2.30. The first kappa shape index (κ1) is 13.4. The van der Waals surface area contributed by atoms with Gasteiger partial charge in [0, 0.05) is 6.54 Å². The minimum absolute atomic E-state index is 0.219. The molecule has 1 heteroatoms. The van der Waals surface area contributed by atoms with Crippen LogP contribution in [0.2, 0.25) is 0 Å². The molecule has 2 aromatic carbocycles. The summed E-state index contributed by atoms with van der Waals surface area (Å²) in [4.78, 5) is 0. The quantitative estimate of drug-likeness (QED) is 0.814. The molecule has 1 heterocycles. The first-order valence-electron chi connectivity index (χ1n) is 7.47. The van der Waals surface area contributed by atoms with Crippen LogP contribution in [0.5, 0.6) is 0 Å². The summed E-state index contributed by atoms with van der Waals surface area (Å²) in [6.07, 6.45) is 1.13. The molecular weight excluding hydrogens is 242 g/mol. The van der Waals surface area contributed by atoms with Crippen LogP contribution in [0.4, 0.5) is 0 Å². The molecule has 1 N–H and O–H groups in total. The SMILES string of the molecule is CC(C)(C)c1ccc(C2NCCc3ccccc32)cc1. The molecular formula is C19H23N. The van der Waals surface area contributed by atoms with E-state index in [1.54, 1.807) is 0 Å². The molecule has 0 aliphatic carbocycles. The van der Waals surface area contributed by atoms with Gasteiger partial charge in [-0.25, -0.2) is 0 Å². The maximum atomic E-state index is 3.65. The van der Waals surface area contributed by atoms with Crippen molar-refractivity contribution in [1.29, 1.82) is 0 Å². The number of benzene rings is 2. The van der Waals surface area contributed by atoms with Crippen LogP contribution in [0.1, 0.15) is 49.1 Å². The molecule has 0 amide bonds. The van der Waals surface area contributed by atoms with Crippen molar-refractivity contribution in [3.63, 3.8) is 0 Å². The molecule has 3 rings (SSSR count). The van der Waals surface area contributed by atoms with Crippen molar-refractivity contribution in [2.75, 3.05) is 6.54 Å². The predicted octanol–water partition coefficient (Wildman–Crippen LogP) is 4.22. The fourth-order valence-electron chi connectivity index (χ4n) is 2.98. The minimum atomic E-state index is 0.219. The Balaban J connectivity index is 1.95. The summed E-state index contributed by atoms with van der Waals surface area (Å²) in [5, 5.41) is 3.65. The van der Waals surface area contributed by atoms with Crippen molar-refractivity contribution < 1.29 is 0 Å². The molecule has 0 radical (unpaired) electrons. The van der Waals surface area contributed by atoms with Gasteiger partial charge in [0.1, 0.15) is 0 Å². The Bertz CT molecular complexity index is 590. The molecule has 1 aliphatic heterocycles. The highest BCUT2D eigenvalue weighted by atomic mass is 14.9. The summed E-state index contributed by atoms with van der Waals surface area (Å²) in [5.41, 5.74) is 5.89. The number of hydrogen-bond donors (Lipinski definition) is 1. The number of fused-ring (bicyclic) bond motifs is 1. The van der Waals surface area contributed by atoms with Gasteiger partial charge >= 0.3 is 0 Å². The van der Waals surface area contributed by atoms with E-state index in [4.69, 9.17) is 0 Å². The summed E-state index contributed by atoms with van der Waals surface area (Å²) in [5.74, 6) is 0. The Labute approximate surface area is 122 Å². The maximum absolute atomic E-state index is 3.65. The standard InChI is InChI=1S/C19H23N/c1-19(2,3)16-10-8-15(9-11-16)18-17-7-5-4-6-14(17)12-13-20-18/h4-11,18,20H,12-13H2,1-3H3. The Hall–Kier alpha value is -1.60. The molecule has 1 atom stereocenters. The van der Waals surface area contributed by atoms with Crippen molar-refractivity contribution in [2.45, 2.75) is 38.6 Å². The van der Waals surface area contributed by atoms with E-state index in [0.29, 0.717) is 6.04 Å². The lowest BCUT2D eigenvalue weighted by molar-refractivity contribution is 0.564.